The maximum Gasteiger partial charge on any atom is 0.405 e. The second-order valence-corrected chi connectivity index (χ2v) is 14.9. The lowest BCUT2D eigenvalue weighted by Crippen LogP contribution is -2.57. The molecule has 0 bridgehead atoms. The molecule has 7 N–H and O–H groups in total. The maximum atomic E-state index is 14.1. The van der Waals surface area contributed by atoms with Gasteiger partial charge in [-0.05, 0) is 60.6 Å². The number of hydrogen-bond donors (Lipinski definition) is 7. The van der Waals surface area contributed by atoms with Crippen molar-refractivity contribution in [1.29, 1.82) is 0 Å². The molecule has 4 rings (SSSR count). The van der Waals surface area contributed by atoms with Crippen LogP contribution in [0.3, 0.4) is 0 Å². The van der Waals surface area contributed by atoms with Gasteiger partial charge < -0.3 is 36.5 Å². The van der Waals surface area contributed by atoms with Crippen LogP contribution in [0.2, 0.25) is 0 Å². The van der Waals surface area contributed by atoms with E-state index in [1.54, 1.807) is 24.4 Å². The molecule has 1 fully saturated rings. The Morgan fingerprint density at radius 1 is 0.870 bits per heavy atom. The fourth-order valence-corrected chi connectivity index (χ4v) is 7.18. The molecule has 1 heterocycles. The summed E-state index contributed by atoms with van der Waals surface area (Å²) >= 11 is 0. The van der Waals surface area contributed by atoms with Crippen molar-refractivity contribution in [1.82, 2.24) is 31.2 Å². The highest BCUT2D eigenvalue weighted by molar-refractivity contribution is 5.91. The Labute approximate surface area is 319 Å². The molecule has 0 radical (unpaired) electrons. The number of aromatic amines is 1. The highest BCUT2D eigenvalue weighted by atomic mass is 16.4. The van der Waals surface area contributed by atoms with Crippen LogP contribution in [0.4, 0.5) is 4.79 Å². The van der Waals surface area contributed by atoms with E-state index in [1.807, 2.05) is 54.6 Å². The molecule has 0 saturated heterocycles. The average Bonchev–Trinajstić information content (AvgIpc) is 3.68. The number of imidazole rings is 1. The van der Waals surface area contributed by atoms with E-state index in [-0.39, 0.29) is 30.6 Å². The van der Waals surface area contributed by atoms with Gasteiger partial charge in [0.2, 0.25) is 17.7 Å². The summed E-state index contributed by atoms with van der Waals surface area (Å²) in [6.07, 6.45) is 12.2. The summed E-state index contributed by atoms with van der Waals surface area (Å²) in [6, 6.07) is 16.2. The largest absolute Gasteiger partial charge is 0.465 e. The van der Waals surface area contributed by atoms with Gasteiger partial charge in [-0.1, -0.05) is 113 Å². The van der Waals surface area contributed by atoms with Gasteiger partial charge in [0.05, 0.1) is 18.5 Å². The number of benzene rings is 2. The number of aromatic nitrogens is 2. The highest BCUT2D eigenvalue weighted by Gasteiger charge is 2.33. The molecule has 1 aliphatic rings. The molecule has 1 saturated carbocycles. The number of nitrogens with one attached hydrogen (secondary N) is 5. The lowest BCUT2D eigenvalue weighted by molar-refractivity contribution is -0.131. The molecule has 54 heavy (non-hydrogen) atoms. The number of carbonyl (C=O) groups is 4. The molecule has 3 aromatic rings. The molecule has 12 nitrogen and oxygen atoms in total. The third-order valence-electron chi connectivity index (χ3n) is 10.4. The van der Waals surface area contributed by atoms with Crippen LogP contribution >= 0.6 is 0 Å². The molecule has 0 aliphatic heterocycles. The van der Waals surface area contributed by atoms with Crippen molar-refractivity contribution >= 4 is 23.8 Å². The van der Waals surface area contributed by atoms with E-state index in [9.17, 15) is 29.4 Å². The lowest BCUT2D eigenvalue weighted by atomic mass is 9.80. The molecule has 4 amide bonds. The van der Waals surface area contributed by atoms with Crippen LogP contribution in [0.1, 0.15) is 82.0 Å². The number of rotatable bonds is 21. The minimum absolute atomic E-state index is 0.0421. The number of aliphatic hydroxyl groups is 1. The van der Waals surface area contributed by atoms with E-state index < -0.39 is 42.1 Å². The summed E-state index contributed by atoms with van der Waals surface area (Å²) in [5, 5.41) is 32.5. The van der Waals surface area contributed by atoms with Gasteiger partial charge in [-0.2, -0.15) is 0 Å². The third kappa shape index (κ3) is 14.8. The predicted molar refractivity (Wildman–Crippen MR) is 208 cm³/mol. The van der Waals surface area contributed by atoms with E-state index in [0.29, 0.717) is 37.4 Å². The van der Waals surface area contributed by atoms with Gasteiger partial charge in [-0.3, -0.25) is 14.4 Å². The quantitative estimate of drug-likeness (QED) is 0.0741. The van der Waals surface area contributed by atoms with E-state index in [1.165, 1.54) is 12.7 Å². The van der Waals surface area contributed by atoms with Crippen molar-refractivity contribution in [2.45, 2.75) is 109 Å². The summed E-state index contributed by atoms with van der Waals surface area (Å²) in [7, 11) is 0. The van der Waals surface area contributed by atoms with Crippen LogP contribution in [0.25, 0.3) is 0 Å². The summed E-state index contributed by atoms with van der Waals surface area (Å²) in [5.74, 6) is -0.689. The topological polar surface area (TPSA) is 186 Å². The smallest absolute Gasteiger partial charge is 0.405 e. The fourth-order valence-electron chi connectivity index (χ4n) is 7.18. The Hall–Kier alpha value is -4.97. The summed E-state index contributed by atoms with van der Waals surface area (Å²) in [4.78, 5) is 59.0. The van der Waals surface area contributed by atoms with E-state index in [2.05, 4.69) is 45.1 Å². The highest BCUT2D eigenvalue weighted by Crippen LogP contribution is 2.30. The Morgan fingerprint density at radius 2 is 1.52 bits per heavy atom. The number of carboxylic acid groups (broad SMARTS) is 1. The van der Waals surface area contributed by atoms with Crippen LogP contribution < -0.4 is 21.3 Å². The Morgan fingerprint density at radius 3 is 2.15 bits per heavy atom. The van der Waals surface area contributed by atoms with E-state index >= 15 is 0 Å². The van der Waals surface area contributed by atoms with Gasteiger partial charge in [-0.15, -0.1) is 0 Å². The molecule has 0 spiro atoms. The number of amides is 4. The van der Waals surface area contributed by atoms with Crippen LogP contribution in [0.5, 0.6) is 0 Å². The van der Waals surface area contributed by atoms with Crippen molar-refractivity contribution in [3.05, 3.63) is 102 Å². The van der Waals surface area contributed by atoms with Crippen molar-refractivity contribution < 1.29 is 29.4 Å². The second kappa shape index (κ2) is 22.3. The summed E-state index contributed by atoms with van der Waals surface area (Å²) in [5.41, 5.74) is 2.53. The van der Waals surface area contributed by atoms with Crippen LogP contribution in [0, 0.1) is 17.8 Å². The Bertz CT molecular complexity index is 1590. The van der Waals surface area contributed by atoms with Gasteiger partial charge in [0.15, 0.2) is 0 Å². The fraction of sp³-hybridized carbons (Fsp3) is 0.500. The molecular weight excluding hydrogens is 684 g/mol. The van der Waals surface area contributed by atoms with Gasteiger partial charge in [0.1, 0.15) is 12.1 Å². The molecule has 12 heteroatoms. The van der Waals surface area contributed by atoms with Gasteiger partial charge >= 0.3 is 6.09 Å². The number of H-pyrrole nitrogens is 1. The standard InChI is InChI=1S/C42H58N6O6/c1-29(2)33(19-12-20-39(50)44-22-21-30-13-6-3-7-14-30)25-38(49)35(23-31-15-8-4-9-16-31)46-41(52)37(26-34-27-43-28-45-34)47-40(51)36(48-42(53)54)24-32-17-10-5-11-18-32/h3,5-7,10-14,17-18,20,27-29,31,33,35-38,48-49H,4,8-9,15-16,19,21-26H2,1-2H3,(H,43,45)(H,44,50)(H,46,52)(H,47,51)(H,53,54)/b20-12+/t33-,35-,36-,37-,38-/m0/s1. The monoisotopic (exact) mass is 742 g/mol. The molecule has 292 valence electrons. The first kappa shape index (κ1) is 41.8. The zero-order valence-electron chi connectivity index (χ0n) is 31.6. The second-order valence-electron chi connectivity index (χ2n) is 14.9. The summed E-state index contributed by atoms with van der Waals surface area (Å²) < 4.78 is 0. The molecule has 1 aromatic heterocycles. The molecule has 0 unspecified atom stereocenters. The van der Waals surface area contributed by atoms with Crippen molar-refractivity contribution in [2.75, 3.05) is 6.54 Å². The number of hydrogen-bond acceptors (Lipinski definition) is 6. The number of aliphatic hydroxyl groups excluding tert-OH is 1. The molecule has 2 aromatic carbocycles. The Balaban J connectivity index is 1.44. The number of nitrogens with zero attached hydrogens (tertiary/aromatic N) is 1. The van der Waals surface area contributed by atoms with Crippen LogP contribution in [-0.2, 0) is 33.6 Å². The van der Waals surface area contributed by atoms with Crippen molar-refractivity contribution in [2.24, 2.45) is 17.8 Å². The zero-order valence-corrected chi connectivity index (χ0v) is 31.6. The van der Waals surface area contributed by atoms with Gasteiger partial charge in [0.25, 0.3) is 0 Å². The normalized spacial score (nSPS) is 16.2. The van der Waals surface area contributed by atoms with E-state index in [4.69, 9.17) is 0 Å². The predicted octanol–water partition coefficient (Wildman–Crippen LogP) is 5.10. The molecule has 5 atom stereocenters. The molecular formula is C42H58N6O6. The first-order valence-corrected chi connectivity index (χ1v) is 19.3. The van der Waals surface area contributed by atoms with E-state index in [0.717, 1.165) is 43.2 Å². The van der Waals surface area contributed by atoms with Crippen molar-refractivity contribution in [3.63, 3.8) is 0 Å². The van der Waals surface area contributed by atoms with Gasteiger partial charge in [-0.25, -0.2) is 9.78 Å². The minimum atomic E-state index is -1.35. The number of allylic oxidation sites excluding steroid dienone is 1. The van der Waals surface area contributed by atoms with Crippen LogP contribution in [0.15, 0.2) is 85.3 Å². The SMILES string of the molecule is CC(C)[C@@H](C/C=C/C(=O)NCCc1ccccc1)C[C@H](O)[C@H](CC1CCCCC1)NC(=O)[C@H](Cc1cnc[nH]1)NC(=O)[C@H](Cc1ccccc1)NC(=O)O. The van der Waals surface area contributed by atoms with Crippen molar-refractivity contribution in [3.8, 4) is 0 Å². The number of carbonyl (C=O) groups excluding carboxylic acids is 3. The summed E-state index contributed by atoms with van der Waals surface area (Å²) in [6.45, 7) is 4.72. The zero-order chi connectivity index (χ0) is 38.7. The molecule has 1 aliphatic carbocycles. The maximum absolute atomic E-state index is 14.1. The minimum Gasteiger partial charge on any atom is -0.465 e. The van der Waals surface area contributed by atoms with Crippen LogP contribution in [-0.4, -0.2) is 74.8 Å². The average molecular weight is 743 g/mol. The first-order chi connectivity index (χ1) is 26.1. The lowest BCUT2D eigenvalue weighted by Gasteiger charge is -2.33. The third-order valence-corrected chi connectivity index (χ3v) is 10.4. The van der Waals surface area contributed by atoms with Gasteiger partial charge in [0, 0.05) is 31.3 Å². The Kier molecular flexibility index (Phi) is 17.2. The first-order valence-electron chi connectivity index (χ1n) is 19.3.